The number of carboxylic acids is 1. The van der Waals surface area contributed by atoms with Crippen LogP contribution in [0.4, 0.5) is 0 Å². The highest BCUT2D eigenvalue weighted by molar-refractivity contribution is 7.99. The molecule has 1 N–H and O–H groups in total. The molecule has 1 aliphatic heterocycles. The van der Waals surface area contributed by atoms with Crippen molar-refractivity contribution in [3.05, 3.63) is 17.0 Å². The minimum atomic E-state index is -0.904. The number of aryl methyl sites for hydroxylation is 2. The van der Waals surface area contributed by atoms with Gasteiger partial charge in [0.15, 0.2) is 0 Å². The van der Waals surface area contributed by atoms with Crippen LogP contribution in [0.25, 0.3) is 0 Å². The molecule has 1 aliphatic rings. The summed E-state index contributed by atoms with van der Waals surface area (Å²) < 4.78 is 5.08. The van der Waals surface area contributed by atoms with Gasteiger partial charge in [-0.05, 0) is 33.1 Å². The summed E-state index contributed by atoms with van der Waals surface area (Å²) in [5.74, 6) is 0.707. The van der Waals surface area contributed by atoms with Gasteiger partial charge in [0.25, 0.3) is 0 Å². The van der Waals surface area contributed by atoms with Crippen molar-refractivity contribution in [2.45, 2.75) is 44.9 Å². The fourth-order valence-corrected chi connectivity index (χ4v) is 3.58. The Balaban J connectivity index is 1.87. The second-order valence-corrected chi connectivity index (χ2v) is 6.22. The molecule has 6 nitrogen and oxygen atoms in total. The van der Waals surface area contributed by atoms with Gasteiger partial charge in [-0.3, -0.25) is 4.79 Å². The zero-order valence-electron chi connectivity index (χ0n) is 12.3. The molecule has 0 bridgehead atoms. The lowest BCUT2D eigenvalue weighted by Gasteiger charge is -2.32. The standard InChI is InChI=1S/C14H20N2O4S/c1-9-11(10(2)20-15-9)7-21-8-13(17)16-6-4-3-5-12(16)14(18)19/h12H,3-8H2,1-2H3,(H,18,19). The van der Waals surface area contributed by atoms with Crippen molar-refractivity contribution in [3.63, 3.8) is 0 Å². The lowest BCUT2D eigenvalue weighted by Crippen LogP contribution is -2.48. The van der Waals surface area contributed by atoms with Crippen LogP contribution in [0.1, 0.15) is 36.3 Å². The van der Waals surface area contributed by atoms with E-state index in [1.54, 1.807) is 0 Å². The Bertz CT molecular complexity index is 510. The summed E-state index contributed by atoms with van der Waals surface area (Å²) in [5, 5.41) is 13.1. The lowest BCUT2D eigenvalue weighted by molar-refractivity contribution is -0.150. The van der Waals surface area contributed by atoms with Crippen molar-refractivity contribution in [2.75, 3.05) is 12.3 Å². The number of thioether (sulfide) groups is 1. The third-order valence-corrected chi connectivity index (χ3v) is 4.71. The Hall–Kier alpha value is -1.50. The maximum Gasteiger partial charge on any atom is 0.326 e. The highest BCUT2D eigenvalue weighted by Crippen LogP contribution is 2.22. The molecule has 1 atom stereocenters. The molecule has 1 aromatic heterocycles. The summed E-state index contributed by atoms with van der Waals surface area (Å²) in [6.07, 6.45) is 2.30. The average molecular weight is 312 g/mol. The van der Waals surface area contributed by atoms with E-state index in [1.807, 2.05) is 13.8 Å². The maximum atomic E-state index is 12.2. The Labute approximate surface area is 127 Å². The van der Waals surface area contributed by atoms with E-state index < -0.39 is 12.0 Å². The van der Waals surface area contributed by atoms with E-state index in [9.17, 15) is 14.7 Å². The first-order chi connectivity index (χ1) is 10.0. The number of hydrogen-bond donors (Lipinski definition) is 1. The number of piperidine rings is 1. The Morgan fingerprint density at radius 2 is 2.19 bits per heavy atom. The van der Waals surface area contributed by atoms with Crippen LogP contribution in [0.2, 0.25) is 0 Å². The molecule has 1 aromatic rings. The molecule has 2 heterocycles. The number of amides is 1. The number of carboxylic acid groups (broad SMARTS) is 1. The first kappa shape index (κ1) is 15.9. The molecule has 0 radical (unpaired) electrons. The number of hydrogen-bond acceptors (Lipinski definition) is 5. The predicted molar refractivity (Wildman–Crippen MR) is 79.1 cm³/mol. The molecule has 0 aliphatic carbocycles. The van der Waals surface area contributed by atoms with Gasteiger partial charge in [-0.2, -0.15) is 0 Å². The van der Waals surface area contributed by atoms with Crippen LogP contribution in [0.5, 0.6) is 0 Å². The zero-order valence-corrected chi connectivity index (χ0v) is 13.1. The third kappa shape index (κ3) is 3.78. The number of aromatic nitrogens is 1. The topological polar surface area (TPSA) is 83.6 Å². The number of aliphatic carboxylic acids is 1. The summed E-state index contributed by atoms with van der Waals surface area (Å²) in [6, 6.07) is -0.661. The van der Waals surface area contributed by atoms with Crippen LogP contribution < -0.4 is 0 Å². The van der Waals surface area contributed by atoms with Gasteiger partial charge in [0.1, 0.15) is 11.8 Å². The fraction of sp³-hybridized carbons (Fsp3) is 0.643. The summed E-state index contributed by atoms with van der Waals surface area (Å²) in [5.41, 5.74) is 1.86. The van der Waals surface area contributed by atoms with E-state index in [2.05, 4.69) is 5.16 Å². The second-order valence-electron chi connectivity index (χ2n) is 5.23. The fourth-order valence-electron chi connectivity index (χ4n) is 2.52. The van der Waals surface area contributed by atoms with Crippen LogP contribution in [0.15, 0.2) is 4.52 Å². The van der Waals surface area contributed by atoms with Crippen molar-refractivity contribution in [2.24, 2.45) is 0 Å². The van der Waals surface area contributed by atoms with Crippen molar-refractivity contribution in [3.8, 4) is 0 Å². The minimum Gasteiger partial charge on any atom is -0.480 e. The molecule has 116 valence electrons. The molecule has 1 amide bonds. The quantitative estimate of drug-likeness (QED) is 0.895. The summed E-state index contributed by atoms with van der Waals surface area (Å²) >= 11 is 1.47. The second kappa shape index (κ2) is 6.98. The number of carbonyl (C=O) groups is 2. The summed E-state index contributed by atoms with van der Waals surface area (Å²) in [4.78, 5) is 24.9. The highest BCUT2D eigenvalue weighted by atomic mass is 32.2. The third-order valence-electron chi connectivity index (χ3n) is 3.76. The van der Waals surface area contributed by atoms with Gasteiger partial charge < -0.3 is 14.5 Å². The molecule has 1 saturated heterocycles. The van der Waals surface area contributed by atoms with Crippen molar-refractivity contribution >= 4 is 23.6 Å². The van der Waals surface area contributed by atoms with E-state index in [-0.39, 0.29) is 11.7 Å². The Morgan fingerprint density at radius 1 is 1.43 bits per heavy atom. The number of rotatable bonds is 5. The van der Waals surface area contributed by atoms with E-state index >= 15 is 0 Å². The molecule has 7 heteroatoms. The molecular formula is C14H20N2O4S. The van der Waals surface area contributed by atoms with E-state index in [1.165, 1.54) is 16.7 Å². The number of nitrogens with zero attached hydrogens (tertiary/aromatic N) is 2. The van der Waals surface area contributed by atoms with Crippen LogP contribution in [0.3, 0.4) is 0 Å². The number of carbonyl (C=O) groups excluding carboxylic acids is 1. The molecule has 0 spiro atoms. The average Bonchev–Trinajstić information content (AvgIpc) is 2.78. The van der Waals surface area contributed by atoms with Gasteiger partial charge in [-0.25, -0.2) is 4.79 Å². The zero-order chi connectivity index (χ0) is 15.4. The summed E-state index contributed by atoms with van der Waals surface area (Å²) in [7, 11) is 0. The summed E-state index contributed by atoms with van der Waals surface area (Å²) in [6.45, 7) is 4.27. The van der Waals surface area contributed by atoms with Gasteiger partial charge >= 0.3 is 5.97 Å². The van der Waals surface area contributed by atoms with Crippen molar-refractivity contribution < 1.29 is 19.2 Å². The monoisotopic (exact) mass is 312 g/mol. The van der Waals surface area contributed by atoms with Crippen LogP contribution >= 0.6 is 11.8 Å². The molecular weight excluding hydrogens is 292 g/mol. The SMILES string of the molecule is Cc1noc(C)c1CSCC(=O)N1CCCCC1C(=O)O. The largest absolute Gasteiger partial charge is 0.480 e. The molecule has 21 heavy (non-hydrogen) atoms. The molecule has 1 fully saturated rings. The molecule has 0 saturated carbocycles. The van der Waals surface area contributed by atoms with Gasteiger partial charge in [0.2, 0.25) is 5.91 Å². The van der Waals surface area contributed by atoms with Crippen LogP contribution in [-0.2, 0) is 15.3 Å². The van der Waals surface area contributed by atoms with Gasteiger partial charge in [-0.1, -0.05) is 5.16 Å². The van der Waals surface area contributed by atoms with E-state index in [0.29, 0.717) is 18.7 Å². The molecule has 1 unspecified atom stereocenters. The van der Waals surface area contributed by atoms with E-state index in [4.69, 9.17) is 4.52 Å². The molecule has 2 rings (SSSR count). The number of likely N-dealkylation sites (tertiary alicyclic amines) is 1. The first-order valence-electron chi connectivity index (χ1n) is 7.02. The van der Waals surface area contributed by atoms with Gasteiger partial charge in [0.05, 0.1) is 11.4 Å². The van der Waals surface area contributed by atoms with Crippen molar-refractivity contribution in [1.82, 2.24) is 10.1 Å². The van der Waals surface area contributed by atoms with Crippen LogP contribution in [0, 0.1) is 13.8 Å². The first-order valence-corrected chi connectivity index (χ1v) is 8.18. The smallest absolute Gasteiger partial charge is 0.326 e. The van der Waals surface area contributed by atoms with Gasteiger partial charge in [0, 0.05) is 17.9 Å². The lowest BCUT2D eigenvalue weighted by atomic mass is 10.0. The maximum absolute atomic E-state index is 12.2. The van der Waals surface area contributed by atoms with Crippen molar-refractivity contribution in [1.29, 1.82) is 0 Å². The Kier molecular flexibility index (Phi) is 5.27. The normalized spacial score (nSPS) is 18.8. The highest BCUT2D eigenvalue weighted by Gasteiger charge is 2.31. The van der Waals surface area contributed by atoms with Crippen LogP contribution in [-0.4, -0.2) is 45.4 Å². The van der Waals surface area contributed by atoms with E-state index in [0.717, 1.165) is 29.9 Å². The van der Waals surface area contributed by atoms with Gasteiger partial charge in [-0.15, -0.1) is 11.8 Å². The molecule has 0 aromatic carbocycles. The predicted octanol–water partition coefficient (Wildman–Crippen LogP) is 1.99. The Morgan fingerprint density at radius 3 is 2.81 bits per heavy atom. The minimum absolute atomic E-state index is 0.0983.